The predicted molar refractivity (Wildman–Crippen MR) is 124 cm³/mol. The van der Waals surface area contributed by atoms with Gasteiger partial charge in [-0.2, -0.15) is 0 Å². The van der Waals surface area contributed by atoms with Gasteiger partial charge in [-0.3, -0.25) is 9.59 Å². The zero-order valence-electron chi connectivity index (χ0n) is 18.0. The van der Waals surface area contributed by atoms with Gasteiger partial charge in [-0.15, -0.1) is 0 Å². The average molecular weight is 449 g/mol. The molecular weight excluding hydrogens is 419 g/mol. The van der Waals surface area contributed by atoms with E-state index in [0.717, 1.165) is 11.1 Å². The second kappa shape index (κ2) is 11.4. The van der Waals surface area contributed by atoms with Gasteiger partial charge in [-0.1, -0.05) is 66.0 Å². The molecule has 0 heterocycles. The van der Waals surface area contributed by atoms with Gasteiger partial charge in [0.05, 0.1) is 0 Å². The Morgan fingerprint density at radius 1 is 1.07 bits per heavy atom. The lowest BCUT2D eigenvalue weighted by Crippen LogP contribution is -2.50. The van der Waals surface area contributed by atoms with Crippen LogP contribution in [0.5, 0.6) is 0 Å². The van der Waals surface area contributed by atoms with Crippen molar-refractivity contribution < 1.29 is 9.59 Å². The highest BCUT2D eigenvalue weighted by molar-refractivity contribution is 6.35. The maximum atomic E-state index is 13.2. The first-order valence-corrected chi connectivity index (χ1v) is 11.1. The summed E-state index contributed by atoms with van der Waals surface area (Å²) in [4.78, 5) is 27.7. The fraction of sp³-hybridized carbons (Fsp3) is 0.417. The molecule has 1 N–H and O–H groups in total. The largest absolute Gasteiger partial charge is 0.352 e. The summed E-state index contributed by atoms with van der Waals surface area (Å²) in [7, 11) is 0. The molecule has 2 aromatic carbocycles. The van der Waals surface area contributed by atoms with Crippen LogP contribution >= 0.6 is 23.2 Å². The number of hydrogen-bond acceptors (Lipinski definition) is 2. The predicted octanol–water partition coefficient (Wildman–Crippen LogP) is 5.57. The van der Waals surface area contributed by atoms with Gasteiger partial charge in [-0.25, -0.2) is 0 Å². The van der Waals surface area contributed by atoms with E-state index in [0.29, 0.717) is 29.3 Å². The molecule has 2 amide bonds. The van der Waals surface area contributed by atoms with Gasteiger partial charge >= 0.3 is 0 Å². The Kier molecular flexibility index (Phi) is 9.19. The molecule has 2 aromatic rings. The Hall–Kier alpha value is -2.04. The van der Waals surface area contributed by atoms with Crippen molar-refractivity contribution in [3.8, 4) is 0 Å². The quantitative estimate of drug-likeness (QED) is 0.545. The van der Waals surface area contributed by atoms with E-state index in [1.807, 2.05) is 52.0 Å². The zero-order valence-corrected chi connectivity index (χ0v) is 19.6. The number of rotatable bonds is 9. The third-order valence-electron chi connectivity index (χ3n) is 4.92. The van der Waals surface area contributed by atoms with Crippen LogP contribution in [-0.2, 0) is 22.6 Å². The SMILES string of the molecule is CCC(C(=O)NC(C)C)N(Cc1ccc(Cl)cc1Cl)C(=O)CCc1ccc(C)cc1. The molecule has 0 aliphatic carbocycles. The summed E-state index contributed by atoms with van der Waals surface area (Å²) in [5, 5.41) is 3.95. The molecule has 4 nitrogen and oxygen atoms in total. The lowest BCUT2D eigenvalue weighted by atomic mass is 10.0. The Morgan fingerprint density at radius 3 is 2.30 bits per heavy atom. The molecule has 0 saturated carbocycles. The number of aryl methyl sites for hydroxylation is 2. The fourth-order valence-corrected chi connectivity index (χ4v) is 3.75. The highest BCUT2D eigenvalue weighted by atomic mass is 35.5. The first-order valence-electron chi connectivity index (χ1n) is 10.3. The van der Waals surface area contributed by atoms with E-state index in [9.17, 15) is 9.59 Å². The number of amides is 2. The van der Waals surface area contributed by atoms with Crippen LogP contribution in [0.15, 0.2) is 42.5 Å². The molecule has 0 spiro atoms. The smallest absolute Gasteiger partial charge is 0.243 e. The number of benzene rings is 2. The summed E-state index contributed by atoms with van der Waals surface area (Å²) in [5.41, 5.74) is 3.04. The molecule has 1 atom stereocenters. The third kappa shape index (κ3) is 7.03. The van der Waals surface area contributed by atoms with Crippen LogP contribution in [0.4, 0.5) is 0 Å². The first-order chi connectivity index (χ1) is 14.2. The van der Waals surface area contributed by atoms with Crippen LogP contribution in [-0.4, -0.2) is 28.8 Å². The Bertz CT molecular complexity index is 866. The molecule has 0 aromatic heterocycles. The van der Waals surface area contributed by atoms with Crippen LogP contribution in [0.3, 0.4) is 0 Å². The number of carbonyl (C=O) groups is 2. The Morgan fingerprint density at radius 2 is 1.73 bits per heavy atom. The van der Waals surface area contributed by atoms with Crippen molar-refractivity contribution in [1.82, 2.24) is 10.2 Å². The maximum absolute atomic E-state index is 13.2. The van der Waals surface area contributed by atoms with Crippen molar-refractivity contribution in [1.29, 1.82) is 0 Å². The maximum Gasteiger partial charge on any atom is 0.243 e. The summed E-state index contributed by atoms with van der Waals surface area (Å²) in [6.45, 7) is 8.02. The summed E-state index contributed by atoms with van der Waals surface area (Å²) < 4.78 is 0. The molecule has 6 heteroatoms. The van der Waals surface area contributed by atoms with Crippen LogP contribution in [0.1, 0.15) is 50.3 Å². The minimum absolute atomic E-state index is 0.00446. The number of nitrogens with zero attached hydrogens (tertiary/aromatic N) is 1. The van der Waals surface area contributed by atoms with Gasteiger partial charge in [0.15, 0.2) is 0 Å². The molecule has 0 aliphatic heterocycles. The Balaban J connectivity index is 2.24. The molecule has 162 valence electrons. The van der Waals surface area contributed by atoms with Crippen LogP contribution in [0.25, 0.3) is 0 Å². The molecule has 1 unspecified atom stereocenters. The summed E-state index contributed by atoms with van der Waals surface area (Å²) in [5.74, 6) is -0.228. The van der Waals surface area contributed by atoms with E-state index in [1.165, 1.54) is 5.56 Å². The molecule has 0 fully saturated rings. The zero-order chi connectivity index (χ0) is 22.3. The van der Waals surface area contributed by atoms with Gasteiger partial charge in [0.2, 0.25) is 11.8 Å². The number of halogens is 2. The first kappa shape index (κ1) is 24.2. The average Bonchev–Trinajstić information content (AvgIpc) is 2.68. The van der Waals surface area contributed by atoms with Gasteiger partial charge < -0.3 is 10.2 Å². The molecule has 0 bridgehead atoms. The molecule has 0 saturated heterocycles. The molecule has 0 aliphatic rings. The minimum atomic E-state index is -0.565. The molecule has 30 heavy (non-hydrogen) atoms. The fourth-order valence-electron chi connectivity index (χ4n) is 3.28. The standard InChI is InChI=1S/C24H30Cl2N2O2/c1-5-22(24(30)27-16(2)3)28(15-19-11-12-20(25)14-21(19)26)23(29)13-10-18-8-6-17(4)7-9-18/h6-9,11-12,14,16,22H,5,10,13,15H2,1-4H3,(H,27,30). The third-order valence-corrected chi connectivity index (χ3v) is 5.51. The van der Waals surface area contributed by atoms with E-state index in [4.69, 9.17) is 23.2 Å². The van der Waals surface area contributed by atoms with Gasteiger partial charge in [0.1, 0.15) is 6.04 Å². The van der Waals surface area contributed by atoms with Gasteiger partial charge in [0.25, 0.3) is 0 Å². The van der Waals surface area contributed by atoms with E-state index in [2.05, 4.69) is 5.32 Å². The number of carbonyl (C=O) groups excluding carboxylic acids is 2. The summed E-state index contributed by atoms with van der Waals surface area (Å²) in [6.07, 6.45) is 1.45. The van der Waals surface area contributed by atoms with Crippen LogP contribution < -0.4 is 5.32 Å². The number of hydrogen-bond donors (Lipinski definition) is 1. The van der Waals surface area contributed by atoms with E-state index >= 15 is 0 Å². The van der Waals surface area contributed by atoms with Gasteiger partial charge in [-0.05, 0) is 56.9 Å². The van der Waals surface area contributed by atoms with Crippen LogP contribution in [0, 0.1) is 6.92 Å². The van der Waals surface area contributed by atoms with Crippen molar-refractivity contribution in [3.63, 3.8) is 0 Å². The van der Waals surface area contributed by atoms with Crippen molar-refractivity contribution in [2.75, 3.05) is 0 Å². The minimum Gasteiger partial charge on any atom is -0.352 e. The van der Waals surface area contributed by atoms with E-state index in [1.54, 1.807) is 23.1 Å². The van der Waals surface area contributed by atoms with Crippen LogP contribution in [0.2, 0.25) is 10.0 Å². The van der Waals surface area contributed by atoms with Crippen molar-refractivity contribution in [3.05, 3.63) is 69.2 Å². The van der Waals surface area contributed by atoms with Crippen molar-refractivity contribution in [2.45, 2.75) is 65.6 Å². The lowest BCUT2D eigenvalue weighted by molar-refractivity contribution is -0.141. The summed E-state index contributed by atoms with van der Waals surface area (Å²) in [6, 6.07) is 12.8. The number of nitrogens with one attached hydrogen (secondary N) is 1. The topological polar surface area (TPSA) is 49.4 Å². The normalized spacial score (nSPS) is 12.0. The van der Waals surface area contributed by atoms with Crippen molar-refractivity contribution >= 4 is 35.0 Å². The van der Waals surface area contributed by atoms with E-state index in [-0.39, 0.29) is 24.4 Å². The highest BCUT2D eigenvalue weighted by Crippen LogP contribution is 2.24. The molecular formula is C24H30Cl2N2O2. The second-order valence-corrected chi connectivity index (χ2v) is 8.67. The van der Waals surface area contributed by atoms with E-state index < -0.39 is 6.04 Å². The highest BCUT2D eigenvalue weighted by Gasteiger charge is 2.29. The Labute approximate surface area is 189 Å². The lowest BCUT2D eigenvalue weighted by Gasteiger charge is -2.31. The molecule has 0 radical (unpaired) electrons. The monoisotopic (exact) mass is 448 g/mol. The second-order valence-electron chi connectivity index (χ2n) is 7.83. The summed E-state index contributed by atoms with van der Waals surface area (Å²) >= 11 is 12.4. The molecule has 2 rings (SSSR count). The van der Waals surface area contributed by atoms with Gasteiger partial charge in [0, 0.05) is 29.1 Å². The van der Waals surface area contributed by atoms with Crippen molar-refractivity contribution in [2.24, 2.45) is 0 Å².